The fourth-order valence-corrected chi connectivity index (χ4v) is 2.58. The lowest BCUT2D eigenvalue weighted by Gasteiger charge is -2.00. The van der Waals surface area contributed by atoms with Gasteiger partial charge in [-0.3, -0.25) is 4.79 Å². The Balaban J connectivity index is 1.80. The minimum absolute atomic E-state index is 0.223. The molecule has 0 aliphatic rings. The van der Waals surface area contributed by atoms with Crippen LogP contribution in [0, 0.1) is 0 Å². The topological polar surface area (TPSA) is 54.9 Å². The number of carbonyl (C=O) groups is 1. The van der Waals surface area contributed by atoms with Crippen LogP contribution in [0.2, 0.25) is 4.47 Å². The number of hydrogen-bond donors (Lipinski definition) is 1. The number of halogens is 1. The molecule has 2 aromatic rings. The summed E-state index contributed by atoms with van der Waals surface area (Å²) in [5.74, 6) is -0.223. The van der Waals surface area contributed by atoms with Gasteiger partial charge in [-0.25, -0.2) is 0 Å². The highest BCUT2D eigenvalue weighted by Crippen LogP contribution is 2.14. The maximum Gasteiger partial charge on any atom is 0.282 e. The van der Waals surface area contributed by atoms with Crippen molar-refractivity contribution >= 4 is 40.2 Å². The highest BCUT2D eigenvalue weighted by Gasteiger charge is 2.10. The molecule has 7 heteroatoms. The van der Waals surface area contributed by atoms with Crippen molar-refractivity contribution in [1.29, 1.82) is 0 Å². The van der Waals surface area contributed by atoms with E-state index in [9.17, 15) is 4.79 Å². The van der Waals surface area contributed by atoms with Crippen LogP contribution in [0.3, 0.4) is 0 Å². The van der Waals surface area contributed by atoms with Crippen LogP contribution in [0.5, 0.6) is 0 Å². The number of hydrogen-bond acceptors (Lipinski definition) is 5. The average molecular weight is 274 g/mol. The van der Waals surface area contributed by atoms with E-state index >= 15 is 0 Å². The summed E-state index contributed by atoms with van der Waals surface area (Å²) >= 11 is 8.31. The molecule has 0 fully saturated rings. The smallest absolute Gasteiger partial charge is 0.282 e. The zero-order valence-electron chi connectivity index (χ0n) is 8.14. The van der Waals surface area contributed by atoms with E-state index in [0.717, 1.165) is 17.8 Å². The van der Waals surface area contributed by atoms with Crippen molar-refractivity contribution in [3.8, 4) is 0 Å². The third kappa shape index (κ3) is 3.01. The predicted octanol–water partition coefficient (Wildman–Crippen LogP) is 2.23. The minimum atomic E-state index is -0.223. The molecule has 0 aliphatic heterocycles. The Kier molecular flexibility index (Phi) is 3.87. The van der Waals surface area contributed by atoms with Gasteiger partial charge in [0, 0.05) is 6.54 Å². The van der Waals surface area contributed by atoms with E-state index in [1.807, 2.05) is 11.4 Å². The number of nitrogens with zero attached hydrogens (tertiary/aromatic N) is 2. The molecule has 84 valence electrons. The van der Waals surface area contributed by atoms with Gasteiger partial charge in [0.2, 0.25) is 9.47 Å². The van der Waals surface area contributed by atoms with Gasteiger partial charge in [-0.1, -0.05) is 11.3 Å². The van der Waals surface area contributed by atoms with E-state index in [-0.39, 0.29) is 10.4 Å². The minimum Gasteiger partial charge on any atom is -0.350 e. The van der Waals surface area contributed by atoms with Gasteiger partial charge in [0.1, 0.15) is 0 Å². The van der Waals surface area contributed by atoms with Crippen molar-refractivity contribution in [2.45, 2.75) is 6.42 Å². The largest absolute Gasteiger partial charge is 0.350 e. The molecule has 0 saturated heterocycles. The highest BCUT2D eigenvalue weighted by molar-refractivity contribution is 7.17. The van der Waals surface area contributed by atoms with Crippen molar-refractivity contribution in [2.75, 3.05) is 6.54 Å². The molecule has 2 aromatic heterocycles. The summed E-state index contributed by atoms with van der Waals surface area (Å²) < 4.78 is 0.281. The zero-order valence-corrected chi connectivity index (χ0v) is 10.5. The van der Waals surface area contributed by atoms with Gasteiger partial charge in [-0.05, 0) is 40.4 Å². The first-order valence-electron chi connectivity index (χ1n) is 4.54. The van der Waals surface area contributed by atoms with Gasteiger partial charge in [0.05, 0.1) is 0 Å². The SMILES string of the molecule is O=C(NCCc1ccsc1)c1nnc(Cl)s1. The molecular formula is C9H8ClN3OS2. The van der Waals surface area contributed by atoms with Crippen LogP contribution < -0.4 is 5.32 Å². The lowest BCUT2D eigenvalue weighted by molar-refractivity contribution is 0.0953. The Bertz CT molecular complexity index is 469. The van der Waals surface area contributed by atoms with Gasteiger partial charge in [0.25, 0.3) is 5.91 Å². The first-order chi connectivity index (χ1) is 7.75. The quantitative estimate of drug-likeness (QED) is 0.929. The molecular weight excluding hydrogens is 266 g/mol. The monoisotopic (exact) mass is 273 g/mol. The number of rotatable bonds is 4. The maximum absolute atomic E-state index is 11.5. The standard InChI is InChI=1S/C9H8ClN3OS2/c10-9-13-12-8(16-9)7(14)11-3-1-6-2-4-15-5-6/h2,4-5H,1,3H2,(H,11,14). The van der Waals surface area contributed by atoms with Crippen LogP contribution in [-0.4, -0.2) is 22.6 Å². The summed E-state index contributed by atoms with van der Waals surface area (Å²) in [5, 5.41) is 14.4. The van der Waals surface area contributed by atoms with Crippen LogP contribution in [-0.2, 0) is 6.42 Å². The van der Waals surface area contributed by atoms with Crippen molar-refractivity contribution in [3.05, 3.63) is 31.9 Å². The molecule has 1 amide bonds. The third-order valence-electron chi connectivity index (χ3n) is 1.87. The lowest BCUT2D eigenvalue weighted by atomic mass is 10.2. The second-order valence-corrected chi connectivity index (χ2v) is 5.34. The molecule has 0 radical (unpaired) electrons. The van der Waals surface area contributed by atoms with Crippen LogP contribution in [0.15, 0.2) is 16.8 Å². The predicted molar refractivity (Wildman–Crippen MR) is 65.3 cm³/mol. The van der Waals surface area contributed by atoms with E-state index in [2.05, 4.69) is 20.9 Å². The average Bonchev–Trinajstić information content (AvgIpc) is 2.89. The number of aromatic nitrogens is 2. The molecule has 2 rings (SSSR count). The van der Waals surface area contributed by atoms with Crippen molar-refractivity contribution in [1.82, 2.24) is 15.5 Å². The van der Waals surface area contributed by atoms with E-state index < -0.39 is 0 Å². The second kappa shape index (κ2) is 5.38. The van der Waals surface area contributed by atoms with E-state index in [4.69, 9.17) is 11.6 Å². The molecule has 0 unspecified atom stereocenters. The van der Waals surface area contributed by atoms with Crippen LogP contribution in [0.4, 0.5) is 0 Å². The number of amides is 1. The van der Waals surface area contributed by atoms with Gasteiger partial charge in [0.15, 0.2) is 0 Å². The molecule has 0 aromatic carbocycles. The second-order valence-electron chi connectivity index (χ2n) is 3.00. The van der Waals surface area contributed by atoms with Crippen molar-refractivity contribution in [3.63, 3.8) is 0 Å². The summed E-state index contributed by atoms with van der Waals surface area (Å²) in [4.78, 5) is 11.5. The van der Waals surface area contributed by atoms with Gasteiger partial charge in [-0.15, -0.1) is 10.2 Å². The van der Waals surface area contributed by atoms with Crippen LogP contribution >= 0.6 is 34.3 Å². The number of carbonyl (C=O) groups excluding carboxylic acids is 1. The van der Waals surface area contributed by atoms with E-state index in [1.54, 1.807) is 11.3 Å². The van der Waals surface area contributed by atoms with Gasteiger partial charge < -0.3 is 5.32 Å². The number of thiophene rings is 1. The fourth-order valence-electron chi connectivity index (χ4n) is 1.13. The van der Waals surface area contributed by atoms with Gasteiger partial charge >= 0.3 is 0 Å². The van der Waals surface area contributed by atoms with Crippen LogP contribution in [0.25, 0.3) is 0 Å². The summed E-state index contributed by atoms with van der Waals surface area (Å²) in [6.45, 7) is 0.590. The Labute approximate surface area is 105 Å². The molecule has 0 atom stereocenters. The molecule has 2 heterocycles. The Morgan fingerprint density at radius 2 is 2.38 bits per heavy atom. The molecule has 16 heavy (non-hydrogen) atoms. The fraction of sp³-hybridized carbons (Fsp3) is 0.222. The number of nitrogens with one attached hydrogen (secondary N) is 1. The highest BCUT2D eigenvalue weighted by atomic mass is 35.5. The summed E-state index contributed by atoms with van der Waals surface area (Å²) in [7, 11) is 0. The Morgan fingerprint density at radius 3 is 3.00 bits per heavy atom. The Hall–Kier alpha value is -0.980. The summed E-state index contributed by atoms with van der Waals surface area (Å²) in [6.07, 6.45) is 0.821. The Morgan fingerprint density at radius 1 is 1.50 bits per heavy atom. The molecule has 0 saturated carbocycles. The molecule has 1 N–H and O–H groups in total. The van der Waals surface area contributed by atoms with Crippen molar-refractivity contribution < 1.29 is 4.79 Å². The van der Waals surface area contributed by atoms with E-state index in [0.29, 0.717) is 11.6 Å². The zero-order chi connectivity index (χ0) is 11.4. The first kappa shape index (κ1) is 11.5. The molecule has 0 bridgehead atoms. The van der Waals surface area contributed by atoms with Gasteiger partial charge in [-0.2, -0.15) is 11.3 Å². The molecule has 4 nitrogen and oxygen atoms in total. The normalized spacial score (nSPS) is 10.3. The van der Waals surface area contributed by atoms with Crippen molar-refractivity contribution in [2.24, 2.45) is 0 Å². The molecule has 0 aliphatic carbocycles. The molecule has 0 spiro atoms. The summed E-state index contributed by atoms with van der Waals surface area (Å²) in [6, 6.07) is 2.04. The third-order valence-corrected chi connectivity index (χ3v) is 3.62. The van der Waals surface area contributed by atoms with E-state index in [1.165, 1.54) is 5.56 Å². The maximum atomic E-state index is 11.5. The summed E-state index contributed by atoms with van der Waals surface area (Å²) in [5.41, 5.74) is 1.22. The van der Waals surface area contributed by atoms with Crippen LogP contribution in [0.1, 0.15) is 15.4 Å². The lowest BCUT2D eigenvalue weighted by Crippen LogP contribution is -2.25. The first-order valence-corrected chi connectivity index (χ1v) is 6.68.